The monoisotopic (exact) mass is 421 g/mol. The van der Waals surface area contributed by atoms with Gasteiger partial charge in [0.25, 0.3) is 5.91 Å². The Morgan fingerprint density at radius 2 is 1.60 bits per heavy atom. The van der Waals surface area contributed by atoms with Crippen molar-refractivity contribution in [2.24, 2.45) is 0 Å². The summed E-state index contributed by atoms with van der Waals surface area (Å²) in [5, 5.41) is 3.33. The van der Waals surface area contributed by atoms with Crippen molar-refractivity contribution in [2.45, 2.75) is 0 Å². The summed E-state index contributed by atoms with van der Waals surface area (Å²) in [4.78, 5) is 37.9. The number of ketones is 1. The minimum Gasteiger partial charge on any atom is -0.422 e. The molecule has 7 heteroatoms. The van der Waals surface area contributed by atoms with Crippen molar-refractivity contribution in [1.82, 2.24) is 0 Å². The molecule has 0 spiro atoms. The summed E-state index contributed by atoms with van der Waals surface area (Å²) < 4.78 is 19.3. The Kier molecular flexibility index (Phi) is 5.16. The molecule has 0 radical (unpaired) electrons. The molecule has 0 bridgehead atoms. The highest BCUT2D eigenvalue weighted by Gasteiger charge is 2.21. The molecule has 0 fully saturated rings. The average Bonchev–Trinajstić information content (AvgIpc) is 2.74. The summed E-state index contributed by atoms with van der Waals surface area (Å²) in [6.45, 7) is 0. The van der Waals surface area contributed by atoms with Gasteiger partial charge in [0.15, 0.2) is 5.78 Å². The zero-order valence-corrected chi connectivity index (χ0v) is 16.1. The van der Waals surface area contributed by atoms with Crippen molar-refractivity contribution in [1.29, 1.82) is 0 Å². The van der Waals surface area contributed by atoms with Gasteiger partial charge in [-0.2, -0.15) is 0 Å². The van der Waals surface area contributed by atoms with E-state index >= 15 is 0 Å². The predicted octanol–water partition coefficient (Wildman–Crippen LogP) is 5.07. The first-order valence-electron chi connectivity index (χ1n) is 8.87. The van der Waals surface area contributed by atoms with Gasteiger partial charge in [-0.3, -0.25) is 9.59 Å². The van der Waals surface area contributed by atoms with Crippen LogP contribution >= 0.6 is 11.6 Å². The molecule has 0 aliphatic carbocycles. The van der Waals surface area contributed by atoms with Gasteiger partial charge < -0.3 is 9.73 Å². The van der Waals surface area contributed by atoms with Crippen LogP contribution in [0.1, 0.15) is 26.3 Å². The van der Waals surface area contributed by atoms with Crippen LogP contribution in [-0.2, 0) is 0 Å². The molecule has 0 atom stereocenters. The van der Waals surface area contributed by atoms with Crippen molar-refractivity contribution in [3.8, 4) is 0 Å². The topological polar surface area (TPSA) is 76.4 Å². The normalized spacial score (nSPS) is 10.7. The minimum absolute atomic E-state index is 0.00822. The Morgan fingerprint density at radius 3 is 2.40 bits per heavy atom. The molecule has 0 unspecified atom stereocenters. The molecule has 4 aromatic rings. The SMILES string of the molecule is O=C(c1ccccc1F)c1cc(Cl)ccc1NC(=O)c1cc2ccccc2oc1=O. The fourth-order valence-electron chi connectivity index (χ4n) is 3.01. The van der Waals surface area contributed by atoms with E-state index in [2.05, 4.69) is 5.32 Å². The summed E-state index contributed by atoms with van der Waals surface area (Å²) in [5.41, 5.74) is -0.784. The van der Waals surface area contributed by atoms with Crippen LogP contribution < -0.4 is 10.9 Å². The van der Waals surface area contributed by atoms with Gasteiger partial charge in [0.1, 0.15) is 17.0 Å². The highest BCUT2D eigenvalue weighted by atomic mass is 35.5. The highest BCUT2D eigenvalue weighted by Crippen LogP contribution is 2.25. The number of fused-ring (bicyclic) bond motifs is 1. The summed E-state index contributed by atoms with van der Waals surface area (Å²) in [6.07, 6.45) is 0. The number of halogens is 2. The maximum absolute atomic E-state index is 14.1. The molecule has 148 valence electrons. The number of anilines is 1. The van der Waals surface area contributed by atoms with E-state index in [1.165, 1.54) is 42.5 Å². The average molecular weight is 422 g/mol. The maximum atomic E-state index is 14.1. The minimum atomic E-state index is -0.817. The molecule has 3 aromatic carbocycles. The number of amides is 1. The number of carbonyl (C=O) groups is 2. The smallest absolute Gasteiger partial charge is 0.349 e. The van der Waals surface area contributed by atoms with E-state index in [1.54, 1.807) is 24.3 Å². The van der Waals surface area contributed by atoms with Crippen LogP contribution in [-0.4, -0.2) is 11.7 Å². The number of nitrogens with one attached hydrogen (secondary N) is 1. The van der Waals surface area contributed by atoms with E-state index < -0.39 is 23.1 Å². The lowest BCUT2D eigenvalue weighted by Crippen LogP contribution is -2.22. The largest absolute Gasteiger partial charge is 0.422 e. The molecule has 0 aliphatic heterocycles. The predicted molar refractivity (Wildman–Crippen MR) is 112 cm³/mol. The van der Waals surface area contributed by atoms with E-state index in [4.69, 9.17) is 16.0 Å². The van der Waals surface area contributed by atoms with Crippen LogP contribution in [0.15, 0.2) is 82.0 Å². The molecule has 1 aromatic heterocycles. The van der Waals surface area contributed by atoms with E-state index in [9.17, 15) is 18.8 Å². The standard InChI is InChI=1S/C23H13ClFNO4/c24-14-9-10-19(16(12-14)21(27)15-6-2-3-7-18(15)25)26-22(28)17-11-13-5-1-4-8-20(13)30-23(17)29/h1-12H,(H,26,28). The zero-order chi connectivity index (χ0) is 21.3. The van der Waals surface area contributed by atoms with Crippen molar-refractivity contribution >= 4 is 39.9 Å². The lowest BCUT2D eigenvalue weighted by Gasteiger charge is -2.11. The molecule has 5 nitrogen and oxygen atoms in total. The Hall–Kier alpha value is -3.77. The molecule has 1 heterocycles. The Labute approximate surface area is 174 Å². The van der Waals surface area contributed by atoms with Gasteiger partial charge in [0.05, 0.1) is 11.3 Å². The van der Waals surface area contributed by atoms with E-state index in [0.717, 1.165) is 6.07 Å². The van der Waals surface area contributed by atoms with Crippen LogP contribution in [0, 0.1) is 5.82 Å². The number of hydrogen-bond acceptors (Lipinski definition) is 4. The van der Waals surface area contributed by atoms with Crippen molar-refractivity contribution in [2.75, 3.05) is 5.32 Å². The second-order valence-corrected chi connectivity index (χ2v) is 6.87. The van der Waals surface area contributed by atoms with Gasteiger partial charge in [-0.15, -0.1) is 0 Å². The Bertz CT molecular complexity index is 1360. The lowest BCUT2D eigenvalue weighted by molar-refractivity contribution is 0.102. The number of hydrogen-bond donors (Lipinski definition) is 1. The summed E-state index contributed by atoms with van der Waals surface area (Å²) in [5.74, 6) is -2.12. The van der Waals surface area contributed by atoms with Crippen LogP contribution in [0.2, 0.25) is 5.02 Å². The van der Waals surface area contributed by atoms with Gasteiger partial charge in [0, 0.05) is 16.0 Å². The van der Waals surface area contributed by atoms with Gasteiger partial charge in [-0.25, -0.2) is 9.18 Å². The molecule has 0 saturated heterocycles. The van der Waals surface area contributed by atoms with E-state index in [0.29, 0.717) is 11.0 Å². The Balaban J connectivity index is 1.73. The fraction of sp³-hybridized carbons (Fsp3) is 0. The highest BCUT2D eigenvalue weighted by molar-refractivity contribution is 6.31. The quantitative estimate of drug-likeness (QED) is 0.368. The van der Waals surface area contributed by atoms with Crippen molar-refractivity contribution < 1.29 is 18.4 Å². The van der Waals surface area contributed by atoms with Gasteiger partial charge in [-0.05, 0) is 42.5 Å². The molecule has 1 amide bonds. The van der Waals surface area contributed by atoms with Crippen LogP contribution in [0.4, 0.5) is 10.1 Å². The van der Waals surface area contributed by atoms with Gasteiger partial charge >= 0.3 is 5.63 Å². The first-order valence-corrected chi connectivity index (χ1v) is 9.25. The molecular weight excluding hydrogens is 409 g/mol. The fourth-order valence-corrected chi connectivity index (χ4v) is 3.19. The third-order valence-corrected chi connectivity index (χ3v) is 4.71. The summed E-state index contributed by atoms with van der Waals surface area (Å²) in [7, 11) is 0. The number of carbonyl (C=O) groups excluding carboxylic acids is 2. The van der Waals surface area contributed by atoms with Crippen molar-refractivity contribution in [3.63, 3.8) is 0 Å². The third-order valence-electron chi connectivity index (χ3n) is 4.48. The first-order chi connectivity index (χ1) is 14.4. The number of benzene rings is 3. The second-order valence-electron chi connectivity index (χ2n) is 6.44. The summed E-state index contributed by atoms with van der Waals surface area (Å²) >= 11 is 6.01. The van der Waals surface area contributed by atoms with Gasteiger partial charge in [-0.1, -0.05) is 41.9 Å². The first kappa shape index (κ1) is 19.5. The van der Waals surface area contributed by atoms with Gasteiger partial charge in [0.2, 0.25) is 0 Å². The molecule has 4 rings (SSSR count). The van der Waals surface area contributed by atoms with Crippen LogP contribution in [0.3, 0.4) is 0 Å². The van der Waals surface area contributed by atoms with Crippen LogP contribution in [0.25, 0.3) is 11.0 Å². The second kappa shape index (κ2) is 7.93. The lowest BCUT2D eigenvalue weighted by atomic mass is 10.0. The zero-order valence-electron chi connectivity index (χ0n) is 15.3. The van der Waals surface area contributed by atoms with Crippen LogP contribution in [0.5, 0.6) is 0 Å². The molecule has 0 aliphatic rings. The molecule has 30 heavy (non-hydrogen) atoms. The third kappa shape index (κ3) is 3.73. The summed E-state index contributed by atoms with van der Waals surface area (Å²) in [6, 6.07) is 17.9. The van der Waals surface area contributed by atoms with E-state index in [-0.39, 0.29) is 27.4 Å². The number of para-hydroxylation sites is 1. The Morgan fingerprint density at radius 1 is 0.867 bits per heavy atom. The number of rotatable bonds is 4. The molecular formula is C23H13ClFNO4. The maximum Gasteiger partial charge on any atom is 0.349 e. The van der Waals surface area contributed by atoms with E-state index in [1.807, 2.05) is 0 Å². The molecule has 0 saturated carbocycles. The molecule has 1 N–H and O–H groups in total. The van der Waals surface area contributed by atoms with Crippen molar-refractivity contribution in [3.05, 3.63) is 111 Å².